The Morgan fingerprint density at radius 1 is 1.46 bits per heavy atom. The van der Waals surface area contributed by atoms with Gasteiger partial charge in [0.25, 0.3) is 0 Å². The number of rotatable bonds is 4. The Morgan fingerprint density at radius 2 is 2.23 bits per heavy atom. The molecule has 0 aromatic carbocycles. The highest BCUT2D eigenvalue weighted by molar-refractivity contribution is 5.53. The summed E-state index contributed by atoms with van der Waals surface area (Å²) in [5.74, 6) is -0.0504. The maximum Gasteiger partial charge on any atom is 0.157 e. The third-order valence-electron chi connectivity index (χ3n) is 2.46. The van der Waals surface area contributed by atoms with E-state index >= 15 is 0 Å². The summed E-state index contributed by atoms with van der Waals surface area (Å²) in [6.07, 6.45) is 4.03. The van der Waals surface area contributed by atoms with Crippen LogP contribution in [0.15, 0.2) is 0 Å². The zero-order valence-corrected chi connectivity index (χ0v) is 8.36. The topological polar surface area (TPSA) is 35.5 Å². The summed E-state index contributed by atoms with van der Waals surface area (Å²) in [7, 11) is 0. The van der Waals surface area contributed by atoms with Gasteiger partial charge in [-0.1, -0.05) is 6.92 Å². The molecule has 0 radical (unpaired) electrons. The van der Waals surface area contributed by atoms with Crippen molar-refractivity contribution in [2.45, 2.75) is 45.5 Å². The molecule has 1 aliphatic heterocycles. The van der Waals surface area contributed by atoms with E-state index in [0.717, 1.165) is 32.2 Å². The lowest BCUT2D eigenvalue weighted by Crippen LogP contribution is -2.30. The lowest BCUT2D eigenvalue weighted by molar-refractivity contribution is -0.192. The van der Waals surface area contributed by atoms with Crippen LogP contribution in [0.4, 0.5) is 0 Å². The summed E-state index contributed by atoms with van der Waals surface area (Å²) in [6.45, 7) is 4.56. The van der Waals surface area contributed by atoms with Crippen molar-refractivity contribution >= 4 is 6.29 Å². The van der Waals surface area contributed by atoms with Crippen LogP contribution in [-0.2, 0) is 14.3 Å². The van der Waals surface area contributed by atoms with Crippen LogP contribution in [-0.4, -0.2) is 25.3 Å². The van der Waals surface area contributed by atoms with Gasteiger partial charge in [0.2, 0.25) is 0 Å². The summed E-state index contributed by atoms with van der Waals surface area (Å²) in [5, 5.41) is 0. The second kappa shape index (κ2) is 5.35. The van der Waals surface area contributed by atoms with Crippen LogP contribution in [0.3, 0.4) is 0 Å². The van der Waals surface area contributed by atoms with Gasteiger partial charge >= 0.3 is 0 Å². The molecule has 1 fully saturated rings. The molecule has 3 atom stereocenters. The first-order valence-corrected chi connectivity index (χ1v) is 4.96. The molecule has 0 amide bonds. The molecule has 3 nitrogen and oxygen atoms in total. The molecule has 3 heteroatoms. The second-order valence-electron chi connectivity index (χ2n) is 3.63. The minimum Gasteiger partial charge on any atom is -0.353 e. The summed E-state index contributed by atoms with van der Waals surface area (Å²) >= 11 is 0. The fraction of sp³-hybridized carbons (Fsp3) is 0.900. The van der Waals surface area contributed by atoms with E-state index in [9.17, 15) is 4.79 Å². The van der Waals surface area contributed by atoms with Gasteiger partial charge in [-0.3, -0.25) is 0 Å². The van der Waals surface area contributed by atoms with E-state index in [4.69, 9.17) is 9.47 Å². The van der Waals surface area contributed by atoms with E-state index in [1.165, 1.54) is 0 Å². The number of aldehydes is 1. The lowest BCUT2D eigenvalue weighted by Gasteiger charge is -2.27. The van der Waals surface area contributed by atoms with E-state index in [2.05, 4.69) is 0 Å². The zero-order valence-electron chi connectivity index (χ0n) is 8.36. The predicted molar refractivity (Wildman–Crippen MR) is 49.4 cm³/mol. The minimum atomic E-state index is -0.0915. The van der Waals surface area contributed by atoms with Gasteiger partial charge in [-0.2, -0.15) is 0 Å². The molecule has 0 bridgehead atoms. The van der Waals surface area contributed by atoms with Crippen LogP contribution in [0.25, 0.3) is 0 Å². The van der Waals surface area contributed by atoms with Crippen LogP contribution >= 0.6 is 0 Å². The average molecular weight is 186 g/mol. The van der Waals surface area contributed by atoms with Gasteiger partial charge in [0.1, 0.15) is 6.29 Å². The molecule has 1 saturated heterocycles. The Hall–Kier alpha value is -0.410. The standard InChI is InChI=1S/C10H18O3/c1-8(7-11)9(2)13-10-5-3-4-6-12-10/h7-10H,3-6H2,1-2H3/t8-,9+,10?/m1/s1. The van der Waals surface area contributed by atoms with E-state index in [0.29, 0.717) is 0 Å². The Labute approximate surface area is 79.4 Å². The largest absolute Gasteiger partial charge is 0.353 e. The summed E-state index contributed by atoms with van der Waals surface area (Å²) in [6, 6.07) is 0. The molecule has 0 saturated carbocycles. The number of hydrogen-bond donors (Lipinski definition) is 0. The first kappa shape index (κ1) is 10.7. The molecule has 0 aliphatic carbocycles. The zero-order chi connectivity index (χ0) is 9.68. The lowest BCUT2D eigenvalue weighted by atomic mass is 10.1. The molecule has 0 N–H and O–H groups in total. The molecular formula is C10H18O3. The highest BCUT2D eigenvalue weighted by Crippen LogP contribution is 2.17. The van der Waals surface area contributed by atoms with Gasteiger partial charge in [0.15, 0.2) is 6.29 Å². The number of hydrogen-bond acceptors (Lipinski definition) is 3. The van der Waals surface area contributed by atoms with Crippen LogP contribution in [0.1, 0.15) is 33.1 Å². The van der Waals surface area contributed by atoms with Gasteiger partial charge < -0.3 is 14.3 Å². The van der Waals surface area contributed by atoms with Gasteiger partial charge in [-0.05, 0) is 26.2 Å². The van der Waals surface area contributed by atoms with E-state index in [-0.39, 0.29) is 18.3 Å². The third-order valence-corrected chi connectivity index (χ3v) is 2.46. The highest BCUT2D eigenvalue weighted by Gasteiger charge is 2.20. The molecule has 0 aromatic rings. The fourth-order valence-corrected chi connectivity index (χ4v) is 1.29. The normalized spacial score (nSPS) is 28.0. The van der Waals surface area contributed by atoms with Crippen molar-refractivity contribution in [1.29, 1.82) is 0 Å². The Balaban J connectivity index is 2.25. The summed E-state index contributed by atoms with van der Waals surface area (Å²) < 4.78 is 11.0. The molecule has 1 aliphatic rings. The van der Waals surface area contributed by atoms with E-state index < -0.39 is 0 Å². The third kappa shape index (κ3) is 3.44. The van der Waals surface area contributed by atoms with Crippen molar-refractivity contribution in [3.63, 3.8) is 0 Å². The van der Waals surface area contributed by atoms with Crippen LogP contribution < -0.4 is 0 Å². The molecule has 13 heavy (non-hydrogen) atoms. The predicted octanol–water partition coefficient (Wildman–Crippen LogP) is 1.75. The number of carbonyl (C=O) groups is 1. The molecule has 1 heterocycles. The summed E-state index contributed by atoms with van der Waals surface area (Å²) in [5.41, 5.74) is 0. The fourth-order valence-electron chi connectivity index (χ4n) is 1.29. The maximum atomic E-state index is 10.5. The van der Waals surface area contributed by atoms with Crippen LogP contribution in [0, 0.1) is 5.92 Å². The SMILES string of the molecule is C[C@H](C=O)[C@H](C)OC1CCCCO1. The summed E-state index contributed by atoms with van der Waals surface area (Å²) in [4.78, 5) is 10.5. The van der Waals surface area contributed by atoms with Crippen molar-refractivity contribution < 1.29 is 14.3 Å². The van der Waals surface area contributed by atoms with E-state index in [1.54, 1.807) is 0 Å². The highest BCUT2D eigenvalue weighted by atomic mass is 16.7. The molecule has 76 valence electrons. The van der Waals surface area contributed by atoms with Crippen molar-refractivity contribution in [2.75, 3.05) is 6.61 Å². The maximum absolute atomic E-state index is 10.5. The van der Waals surface area contributed by atoms with Gasteiger partial charge in [0.05, 0.1) is 6.10 Å². The monoisotopic (exact) mass is 186 g/mol. The Bertz CT molecular complexity index is 152. The first-order valence-electron chi connectivity index (χ1n) is 4.96. The average Bonchev–Trinajstić information content (AvgIpc) is 2.18. The number of ether oxygens (including phenoxy) is 2. The van der Waals surface area contributed by atoms with Crippen molar-refractivity contribution in [3.8, 4) is 0 Å². The van der Waals surface area contributed by atoms with Crippen LogP contribution in [0.2, 0.25) is 0 Å². The molecule has 0 aromatic heterocycles. The molecule has 1 unspecified atom stereocenters. The second-order valence-corrected chi connectivity index (χ2v) is 3.63. The molecule has 1 rings (SSSR count). The van der Waals surface area contributed by atoms with Crippen molar-refractivity contribution in [1.82, 2.24) is 0 Å². The minimum absolute atomic E-state index is 0.0411. The first-order chi connectivity index (χ1) is 6.24. The van der Waals surface area contributed by atoms with Crippen molar-refractivity contribution in [2.24, 2.45) is 5.92 Å². The Morgan fingerprint density at radius 3 is 2.77 bits per heavy atom. The van der Waals surface area contributed by atoms with Gasteiger partial charge in [-0.15, -0.1) is 0 Å². The van der Waals surface area contributed by atoms with E-state index in [1.807, 2.05) is 13.8 Å². The molecule has 0 spiro atoms. The van der Waals surface area contributed by atoms with Crippen molar-refractivity contribution in [3.05, 3.63) is 0 Å². The van der Waals surface area contributed by atoms with Gasteiger partial charge in [-0.25, -0.2) is 0 Å². The number of carbonyl (C=O) groups excluding carboxylic acids is 1. The van der Waals surface area contributed by atoms with Gasteiger partial charge in [0, 0.05) is 12.5 Å². The molecular weight excluding hydrogens is 168 g/mol. The quantitative estimate of drug-likeness (QED) is 0.627. The van der Waals surface area contributed by atoms with Crippen LogP contribution in [0.5, 0.6) is 0 Å². The Kier molecular flexibility index (Phi) is 4.39. The smallest absolute Gasteiger partial charge is 0.157 e.